The lowest BCUT2D eigenvalue weighted by atomic mass is 9.80. The third-order valence-corrected chi connectivity index (χ3v) is 2.71. The van der Waals surface area contributed by atoms with Gasteiger partial charge in [0.1, 0.15) is 5.92 Å². The molecule has 4 nitrogen and oxygen atoms in total. The standard InChI is InChI=1S/C12H23NO3/c1-6-8(7-2)13-10(14)9(11(15)16)12(3,4)5/h8-9H,6-7H2,1-5H3,(H,13,14)(H,15,16). The Kier molecular flexibility index (Phi) is 5.48. The molecule has 2 N–H and O–H groups in total. The third kappa shape index (κ3) is 4.21. The number of nitrogens with one attached hydrogen (secondary N) is 1. The van der Waals surface area contributed by atoms with Gasteiger partial charge in [-0.1, -0.05) is 34.6 Å². The minimum Gasteiger partial charge on any atom is -0.481 e. The van der Waals surface area contributed by atoms with Gasteiger partial charge in [0.2, 0.25) is 5.91 Å². The maximum atomic E-state index is 11.9. The molecule has 0 spiro atoms. The van der Waals surface area contributed by atoms with E-state index in [1.54, 1.807) is 20.8 Å². The van der Waals surface area contributed by atoms with Crippen LogP contribution in [0, 0.1) is 11.3 Å². The van der Waals surface area contributed by atoms with Crippen LogP contribution in [0.2, 0.25) is 0 Å². The van der Waals surface area contributed by atoms with Crippen LogP contribution < -0.4 is 5.32 Å². The number of carbonyl (C=O) groups is 2. The maximum Gasteiger partial charge on any atom is 0.316 e. The van der Waals surface area contributed by atoms with E-state index in [1.807, 2.05) is 13.8 Å². The molecule has 0 saturated carbocycles. The number of hydrogen-bond donors (Lipinski definition) is 2. The van der Waals surface area contributed by atoms with Gasteiger partial charge in [0.25, 0.3) is 0 Å². The summed E-state index contributed by atoms with van der Waals surface area (Å²) >= 11 is 0. The third-order valence-electron chi connectivity index (χ3n) is 2.71. The maximum absolute atomic E-state index is 11.9. The van der Waals surface area contributed by atoms with Gasteiger partial charge in [-0.05, 0) is 18.3 Å². The summed E-state index contributed by atoms with van der Waals surface area (Å²) < 4.78 is 0. The van der Waals surface area contributed by atoms with Gasteiger partial charge < -0.3 is 10.4 Å². The van der Waals surface area contributed by atoms with Gasteiger partial charge in [0.15, 0.2) is 0 Å². The minimum atomic E-state index is -1.06. The van der Waals surface area contributed by atoms with Crippen molar-refractivity contribution in [2.45, 2.75) is 53.5 Å². The Morgan fingerprint density at radius 2 is 1.62 bits per heavy atom. The number of aliphatic carboxylic acids is 1. The second kappa shape index (κ2) is 5.87. The van der Waals surface area contributed by atoms with Gasteiger partial charge >= 0.3 is 5.97 Å². The van der Waals surface area contributed by atoms with E-state index in [-0.39, 0.29) is 11.9 Å². The highest BCUT2D eigenvalue weighted by Gasteiger charge is 2.38. The van der Waals surface area contributed by atoms with Crippen LogP contribution in [-0.4, -0.2) is 23.0 Å². The highest BCUT2D eigenvalue weighted by molar-refractivity contribution is 5.97. The Bertz CT molecular complexity index is 251. The van der Waals surface area contributed by atoms with Crippen molar-refractivity contribution in [3.63, 3.8) is 0 Å². The van der Waals surface area contributed by atoms with E-state index < -0.39 is 17.3 Å². The van der Waals surface area contributed by atoms with Crippen LogP contribution in [0.1, 0.15) is 47.5 Å². The first-order chi connectivity index (χ1) is 7.23. The number of carboxylic acid groups (broad SMARTS) is 1. The molecule has 0 heterocycles. The average Bonchev–Trinajstić information content (AvgIpc) is 2.10. The molecule has 0 aromatic heterocycles. The van der Waals surface area contributed by atoms with Gasteiger partial charge in [-0.15, -0.1) is 0 Å². The summed E-state index contributed by atoms with van der Waals surface area (Å²) in [4.78, 5) is 23.0. The molecule has 1 amide bonds. The Hall–Kier alpha value is -1.06. The van der Waals surface area contributed by atoms with E-state index in [1.165, 1.54) is 0 Å². The molecule has 0 fully saturated rings. The quantitative estimate of drug-likeness (QED) is 0.709. The molecule has 0 aromatic carbocycles. The lowest BCUT2D eigenvalue weighted by Gasteiger charge is -2.27. The Balaban J connectivity index is 4.71. The molecular formula is C12H23NO3. The van der Waals surface area contributed by atoms with Crippen molar-refractivity contribution in [3.05, 3.63) is 0 Å². The van der Waals surface area contributed by atoms with Gasteiger partial charge in [-0.2, -0.15) is 0 Å². The first-order valence-corrected chi connectivity index (χ1v) is 5.77. The lowest BCUT2D eigenvalue weighted by molar-refractivity contribution is -0.151. The van der Waals surface area contributed by atoms with E-state index in [2.05, 4.69) is 5.32 Å². The highest BCUT2D eigenvalue weighted by Crippen LogP contribution is 2.26. The summed E-state index contributed by atoms with van der Waals surface area (Å²) in [7, 11) is 0. The molecule has 0 aliphatic rings. The fourth-order valence-corrected chi connectivity index (χ4v) is 1.65. The topological polar surface area (TPSA) is 66.4 Å². The summed E-state index contributed by atoms with van der Waals surface area (Å²) in [6, 6.07) is 0.0664. The largest absolute Gasteiger partial charge is 0.481 e. The van der Waals surface area contributed by atoms with Gasteiger partial charge in [-0.25, -0.2) is 0 Å². The molecule has 1 atom stereocenters. The summed E-state index contributed by atoms with van der Waals surface area (Å²) in [5.74, 6) is -2.43. The molecule has 94 valence electrons. The van der Waals surface area contributed by atoms with Gasteiger partial charge in [-0.3, -0.25) is 9.59 Å². The molecule has 1 unspecified atom stereocenters. The summed E-state index contributed by atoms with van der Waals surface area (Å²) in [6.45, 7) is 9.23. The first kappa shape index (κ1) is 14.9. The van der Waals surface area contributed by atoms with Gasteiger partial charge in [0, 0.05) is 6.04 Å². The minimum absolute atomic E-state index is 0.0664. The van der Waals surface area contributed by atoms with Crippen LogP contribution in [0.5, 0.6) is 0 Å². The number of amides is 1. The summed E-state index contributed by atoms with van der Waals surface area (Å²) in [5, 5.41) is 11.9. The van der Waals surface area contributed by atoms with E-state index in [0.717, 1.165) is 12.8 Å². The molecule has 0 radical (unpaired) electrons. The average molecular weight is 229 g/mol. The first-order valence-electron chi connectivity index (χ1n) is 5.77. The number of hydrogen-bond acceptors (Lipinski definition) is 2. The predicted molar refractivity (Wildman–Crippen MR) is 63.1 cm³/mol. The van der Waals surface area contributed by atoms with Crippen molar-refractivity contribution in [1.82, 2.24) is 5.32 Å². The zero-order valence-electron chi connectivity index (χ0n) is 10.8. The molecule has 0 bridgehead atoms. The zero-order valence-corrected chi connectivity index (χ0v) is 10.8. The fraction of sp³-hybridized carbons (Fsp3) is 0.833. The predicted octanol–water partition coefficient (Wildman–Crippen LogP) is 2.04. The second-order valence-electron chi connectivity index (χ2n) is 5.16. The molecular weight excluding hydrogens is 206 g/mol. The van der Waals surface area contributed by atoms with Gasteiger partial charge in [0.05, 0.1) is 0 Å². The molecule has 0 aliphatic heterocycles. The van der Waals surface area contributed by atoms with E-state index in [4.69, 9.17) is 5.11 Å². The van der Waals surface area contributed by atoms with Crippen LogP contribution in [0.3, 0.4) is 0 Å². The molecule has 0 saturated heterocycles. The Morgan fingerprint density at radius 1 is 1.19 bits per heavy atom. The van der Waals surface area contributed by atoms with E-state index in [9.17, 15) is 9.59 Å². The number of rotatable bonds is 5. The monoisotopic (exact) mass is 229 g/mol. The molecule has 16 heavy (non-hydrogen) atoms. The van der Waals surface area contributed by atoms with Crippen molar-refractivity contribution in [2.75, 3.05) is 0 Å². The summed E-state index contributed by atoms with van der Waals surface area (Å²) in [5.41, 5.74) is -0.568. The fourth-order valence-electron chi connectivity index (χ4n) is 1.65. The van der Waals surface area contributed by atoms with Crippen molar-refractivity contribution < 1.29 is 14.7 Å². The molecule has 0 aliphatic carbocycles. The molecule has 0 rings (SSSR count). The Labute approximate surface area is 97.4 Å². The Morgan fingerprint density at radius 3 is 1.88 bits per heavy atom. The van der Waals surface area contributed by atoms with E-state index >= 15 is 0 Å². The lowest BCUT2D eigenvalue weighted by Crippen LogP contribution is -2.46. The van der Waals surface area contributed by atoms with Crippen molar-refractivity contribution in [1.29, 1.82) is 0 Å². The van der Waals surface area contributed by atoms with Crippen molar-refractivity contribution >= 4 is 11.9 Å². The zero-order chi connectivity index (χ0) is 12.9. The summed E-state index contributed by atoms with van der Waals surface area (Å²) in [6.07, 6.45) is 1.64. The second-order valence-corrected chi connectivity index (χ2v) is 5.16. The van der Waals surface area contributed by atoms with E-state index in [0.29, 0.717) is 0 Å². The highest BCUT2D eigenvalue weighted by atomic mass is 16.4. The van der Waals surface area contributed by atoms with Crippen LogP contribution in [0.4, 0.5) is 0 Å². The van der Waals surface area contributed by atoms with Crippen LogP contribution in [-0.2, 0) is 9.59 Å². The SMILES string of the molecule is CCC(CC)NC(=O)C(C(=O)O)C(C)(C)C. The van der Waals surface area contributed by atoms with Crippen LogP contribution in [0.15, 0.2) is 0 Å². The van der Waals surface area contributed by atoms with Crippen molar-refractivity contribution in [3.8, 4) is 0 Å². The normalized spacial score (nSPS) is 13.6. The van der Waals surface area contributed by atoms with Crippen LogP contribution >= 0.6 is 0 Å². The number of carboxylic acids is 1. The van der Waals surface area contributed by atoms with Crippen molar-refractivity contribution in [2.24, 2.45) is 11.3 Å². The smallest absolute Gasteiger partial charge is 0.316 e. The van der Waals surface area contributed by atoms with Crippen LogP contribution in [0.25, 0.3) is 0 Å². The number of carbonyl (C=O) groups excluding carboxylic acids is 1. The molecule has 0 aromatic rings. The molecule has 4 heteroatoms.